The molecule has 98 valence electrons. The Bertz CT molecular complexity index is 709. The van der Waals surface area contributed by atoms with Crippen LogP contribution in [-0.2, 0) is 9.59 Å². The van der Waals surface area contributed by atoms with Gasteiger partial charge in [-0.25, -0.2) is 9.79 Å². The minimum atomic E-state index is -0.966. The fourth-order valence-electron chi connectivity index (χ4n) is 1.57. The molecule has 1 aromatic carbocycles. The molecule has 1 N–H and O–H groups in total. The van der Waals surface area contributed by atoms with Gasteiger partial charge in [0.15, 0.2) is 0 Å². The molecule has 0 bridgehead atoms. The molecule has 0 radical (unpaired) electrons. The highest BCUT2D eigenvalue weighted by atomic mass is 35.5. The van der Waals surface area contributed by atoms with E-state index in [9.17, 15) is 9.59 Å². The highest BCUT2D eigenvalue weighted by Crippen LogP contribution is 2.20. The number of carbonyl (C=O) groups is 2. The number of carbonyl (C=O) groups excluding carboxylic acids is 1. The normalized spacial score (nSPS) is 14.3. The van der Waals surface area contributed by atoms with Gasteiger partial charge in [-0.1, -0.05) is 23.7 Å². The molecule has 1 amide bonds. The maximum Gasteiger partial charge on any atom is 0.330 e. The number of rotatable bonds is 4. The lowest BCUT2D eigenvalue weighted by Crippen LogP contribution is -2.23. The Balaban J connectivity index is 2.31. The second-order valence-electron chi connectivity index (χ2n) is 3.88. The van der Waals surface area contributed by atoms with Gasteiger partial charge in [-0.2, -0.15) is 0 Å². The van der Waals surface area contributed by atoms with Gasteiger partial charge in [0, 0.05) is 16.5 Å². The molecule has 1 aliphatic rings. The van der Waals surface area contributed by atoms with Crippen molar-refractivity contribution in [2.45, 2.75) is 6.92 Å². The molecule has 0 spiro atoms. The molecule has 0 unspecified atom stereocenters. The van der Waals surface area contributed by atoms with E-state index in [4.69, 9.17) is 16.7 Å². The first-order chi connectivity index (χ1) is 9.00. The maximum absolute atomic E-state index is 11.8. The summed E-state index contributed by atoms with van der Waals surface area (Å²) in [7, 11) is 0. The molecule has 0 aliphatic carbocycles. The second kappa shape index (κ2) is 5.59. The van der Waals surface area contributed by atoms with Crippen LogP contribution in [-0.4, -0.2) is 22.7 Å². The number of nitrogens with zero attached hydrogens (tertiary/aromatic N) is 1. The Labute approximate surface area is 118 Å². The molecule has 0 atom stereocenters. The van der Waals surface area contributed by atoms with E-state index in [1.165, 1.54) is 18.7 Å². The second-order valence-corrected chi connectivity index (χ2v) is 5.32. The van der Waals surface area contributed by atoms with Crippen molar-refractivity contribution >= 4 is 40.1 Å². The van der Waals surface area contributed by atoms with Crippen LogP contribution in [0.4, 0.5) is 0 Å². The van der Waals surface area contributed by atoms with Crippen LogP contribution in [0.25, 0.3) is 4.91 Å². The minimum Gasteiger partial charge on any atom is -0.478 e. The predicted molar refractivity (Wildman–Crippen MR) is 74.5 cm³/mol. The zero-order valence-corrected chi connectivity index (χ0v) is 11.6. The van der Waals surface area contributed by atoms with E-state index in [-0.39, 0.29) is 11.5 Å². The number of thioether (sulfide) groups is 1. The van der Waals surface area contributed by atoms with Crippen LogP contribution in [0.15, 0.2) is 34.8 Å². The number of benzene rings is 1. The summed E-state index contributed by atoms with van der Waals surface area (Å²) in [6.07, 6.45) is 1.56. The Kier molecular flexibility index (Phi) is 4.07. The smallest absolute Gasteiger partial charge is 0.330 e. The fourth-order valence-corrected chi connectivity index (χ4v) is 2.92. The quantitative estimate of drug-likeness (QED) is 0.852. The van der Waals surface area contributed by atoms with E-state index in [0.717, 1.165) is 0 Å². The average molecular weight is 296 g/mol. The van der Waals surface area contributed by atoms with Crippen LogP contribution in [0.2, 0.25) is 5.02 Å². The molecule has 0 aromatic heterocycles. The number of hydrogen-bond donors (Lipinski definition) is 1. The van der Waals surface area contributed by atoms with Gasteiger partial charge < -0.3 is 5.11 Å². The largest absolute Gasteiger partial charge is 0.478 e. The first-order valence-electron chi connectivity index (χ1n) is 5.45. The van der Waals surface area contributed by atoms with Gasteiger partial charge >= 0.3 is 5.97 Å². The van der Waals surface area contributed by atoms with Crippen molar-refractivity contribution < 1.29 is 14.7 Å². The van der Waals surface area contributed by atoms with Gasteiger partial charge in [-0.05, 0) is 19.1 Å². The molecular weight excluding hydrogens is 286 g/mol. The lowest BCUT2D eigenvalue weighted by Gasteiger charge is -1.98. The highest BCUT2D eigenvalue weighted by molar-refractivity contribution is 8.09. The van der Waals surface area contributed by atoms with Crippen LogP contribution in [0.3, 0.4) is 0 Å². The summed E-state index contributed by atoms with van der Waals surface area (Å²) in [4.78, 5) is 26.8. The standard InChI is InChI=1S/C13H10ClNO3S/c1-7(13(17)18)5-6-19-11-10-8(14)3-2-4-9(10)15-12(11)16/h2-5H,6H2,1H3,(H,17,18)/b7-5+. The van der Waals surface area contributed by atoms with E-state index in [0.29, 0.717) is 26.3 Å². The Hall–Kier alpha value is -1.59. The molecular formula is C13H10ClNO3S. The first kappa shape index (κ1) is 13.8. The summed E-state index contributed by atoms with van der Waals surface area (Å²) in [6.45, 7) is 1.51. The van der Waals surface area contributed by atoms with E-state index < -0.39 is 5.97 Å². The third kappa shape index (κ3) is 2.88. The topological polar surface area (TPSA) is 66.7 Å². The van der Waals surface area contributed by atoms with Gasteiger partial charge in [-0.15, -0.1) is 11.8 Å². The molecule has 4 nitrogen and oxygen atoms in total. The van der Waals surface area contributed by atoms with Crippen LogP contribution in [0.1, 0.15) is 6.92 Å². The van der Waals surface area contributed by atoms with Crippen molar-refractivity contribution in [1.82, 2.24) is 0 Å². The summed E-state index contributed by atoms with van der Waals surface area (Å²) < 4.78 is 0. The summed E-state index contributed by atoms with van der Waals surface area (Å²) in [6, 6.07) is 5.17. The van der Waals surface area contributed by atoms with Crippen LogP contribution in [0, 0.1) is 0 Å². The van der Waals surface area contributed by atoms with Gasteiger partial charge in [0.1, 0.15) is 0 Å². The minimum absolute atomic E-state index is 0.245. The number of halogens is 1. The SMILES string of the molecule is C/C(=C\CSC1=c2c(Cl)cccc2=NC1=O)C(=O)O. The molecule has 6 heteroatoms. The summed E-state index contributed by atoms with van der Waals surface area (Å²) >= 11 is 7.31. The van der Waals surface area contributed by atoms with Gasteiger partial charge in [-0.3, -0.25) is 4.79 Å². The number of hydrogen-bond acceptors (Lipinski definition) is 3. The van der Waals surface area contributed by atoms with Crippen molar-refractivity contribution in [3.8, 4) is 0 Å². The van der Waals surface area contributed by atoms with Crippen molar-refractivity contribution in [2.24, 2.45) is 4.99 Å². The molecule has 0 fully saturated rings. The number of aliphatic carboxylic acids is 1. The Morgan fingerprint density at radius 1 is 1.53 bits per heavy atom. The third-order valence-corrected chi connectivity index (χ3v) is 3.91. The van der Waals surface area contributed by atoms with Crippen LogP contribution >= 0.6 is 23.4 Å². The molecule has 0 saturated heterocycles. The van der Waals surface area contributed by atoms with Gasteiger partial charge in [0.2, 0.25) is 0 Å². The molecule has 0 saturated carbocycles. The van der Waals surface area contributed by atoms with Crippen molar-refractivity contribution in [2.75, 3.05) is 5.75 Å². The first-order valence-corrected chi connectivity index (χ1v) is 6.82. The van der Waals surface area contributed by atoms with Crippen molar-refractivity contribution in [3.05, 3.63) is 45.4 Å². The summed E-state index contributed by atoms with van der Waals surface area (Å²) in [5, 5.41) is 10.4. The van der Waals surface area contributed by atoms with Crippen LogP contribution in [0.5, 0.6) is 0 Å². The lowest BCUT2D eigenvalue weighted by atomic mass is 10.3. The monoisotopic (exact) mass is 295 g/mol. The summed E-state index contributed by atoms with van der Waals surface area (Å²) in [5.41, 5.74) is 0.245. The van der Waals surface area contributed by atoms with Crippen molar-refractivity contribution in [3.63, 3.8) is 0 Å². The molecule has 1 heterocycles. The van der Waals surface area contributed by atoms with E-state index in [1.807, 2.05) is 0 Å². The molecule has 2 rings (SSSR count). The van der Waals surface area contributed by atoms with Gasteiger partial charge in [0.05, 0.1) is 15.3 Å². The number of fused-ring (bicyclic) bond motifs is 1. The van der Waals surface area contributed by atoms with Crippen molar-refractivity contribution in [1.29, 1.82) is 0 Å². The van der Waals surface area contributed by atoms with Gasteiger partial charge in [0.25, 0.3) is 5.91 Å². The zero-order valence-electron chi connectivity index (χ0n) is 10.0. The van der Waals surface area contributed by atoms with E-state index >= 15 is 0 Å². The molecule has 1 aliphatic heterocycles. The van der Waals surface area contributed by atoms with Crippen LogP contribution < -0.4 is 10.6 Å². The highest BCUT2D eigenvalue weighted by Gasteiger charge is 2.18. The Morgan fingerprint density at radius 2 is 2.26 bits per heavy atom. The predicted octanol–water partition coefficient (Wildman–Crippen LogP) is 1.37. The molecule has 1 aromatic rings. The third-order valence-electron chi connectivity index (χ3n) is 2.59. The fraction of sp³-hybridized carbons (Fsp3) is 0.154. The number of carboxylic acid groups (broad SMARTS) is 1. The van der Waals surface area contributed by atoms with E-state index in [2.05, 4.69) is 4.99 Å². The average Bonchev–Trinajstić information content (AvgIpc) is 2.67. The zero-order chi connectivity index (χ0) is 14.0. The lowest BCUT2D eigenvalue weighted by molar-refractivity contribution is -0.132. The number of carboxylic acids is 1. The molecule has 19 heavy (non-hydrogen) atoms. The Morgan fingerprint density at radius 3 is 2.95 bits per heavy atom. The summed E-state index contributed by atoms with van der Waals surface area (Å²) in [5.74, 6) is -0.903. The number of amides is 1. The van der Waals surface area contributed by atoms with E-state index in [1.54, 1.807) is 24.3 Å². The maximum atomic E-state index is 11.8.